The number of hydrogen-bond donors (Lipinski definition) is 1. The molecule has 2 rings (SSSR count). The molecular formula is C10H14N4OS. The minimum Gasteiger partial charge on any atom is -0.361 e. The standard InChI is InChI=1S/C10H14N4OS/c1-4-9-11-12-10(16)14(9)5-8-6(2)13-15-7(8)3/h4-5H2,1-3H3,(H,12,16). The SMILES string of the molecule is CCc1n[nH]c(=S)n1Cc1c(C)noc1C. The Morgan fingerprint density at radius 3 is 2.75 bits per heavy atom. The quantitative estimate of drug-likeness (QED) is 0.832. The summed E-state index contributed by atoms with van der Waals surface area (Å²) >= 11 is 5.19. The fraction of sp³-hybridized carbons (Fsp3) is 0.500. The number of aryl methyl sites for hydroxylation is 3. The van der Waals surface area contributed by atoms with Gasteiger partial charge in [-0.3, -0.25) is 9.67 Å². The summed E-state index contributed by atoms with van der Waals surface area (Å²) in [5.41, 5.74) is 1.98. The average Bonchev–Trinajstić information content (AvgIpc) is 2.77. The first kappa shape index (κ1) is 11.1. The van der Waals surface area contributed by atoms with Gasteiger partial charge in [-0.15, -0.1) is 0 Å². The second-order valence-electron chi connectivity index (χ2n) is 3.69. The lowest BCUT2D eigenvalue weighted by Crippen LogP contribution is -2.06. The van der Waals surface area contributed by atoms with Crippen LogP contribution in [0.15, 0.2) is 4.52 Å². The van der Waals surface area contributed by atoms with E-state index in [0.717, 1.165) is 29.3 Å². The van der Waals surface area contributed by atoms with Crippen molar-refractivity contribution in [3.8, 4) is 0 Å². The summed E-state index contributed by atoms with van der Waals surface area (Å²) in [6.07, 6.45) is 0.844. The van der Waals surface area contributed by atoms with Gasteiger partial charge in [0.15, 0.2) is 4.77 Å². The molecule has 6 heteroatoms. The summed E-state index contributed by atoms with van der Waals surface area (Å²) in [4.78, 5) is 0. The van der Waals surface area contributed by atoms with Crippen molar-refractivity contribution in [3.63, 3.8) is 0 Å². The smallest absolute Gasteiger partial charge is 0.195 e. The molecule has 0 amide bonds. The van der Waals surface area contributed by atoms with Crippen LogP contribution < -0.4 is 0 Å². The second kappa shape index (κ2) is 4.21. The molecule has 5 nitrogen and oxygen atoms in total. The van der Waals surface area contributed by atoms with Crippen molar-refractivity contribution in [2.45, 2.75) is 33.7 Å². The topological polar surface area (TPSA) is 59.6 Å². The van der Waals surface area contributed by atoms with Crippen LogP contribution in [0.25, 0.3) is 0 Å². The Labute approximate surface area is 98.5 Å². The minimum absolute atomic E-state index is 0.636. The fourth-order valence-corrected chi connectivity index (χ4v) is 1.88. The van der Waals surface area contributed by atoms with Crippen molar-refractivity contribution in [2.75, 3.05) is 0 Å². The van der Waals surface area contributed by atoms with E-state index in [9.17, 15) is 0 Å². The lowest BCUT2D eigenvalue weighted by molar-refractivity contribution is 0.392. The lowest BCUT2D eigenvalue weighted by Gasteiger charge is -2.04. The highest BCUT2D eigenvalue weighted by Gasteiger charge is 2.12. The van der Waals surface area contributed by atoms with E-state index in [4.69, 9.17) is 16.7 Å². The van der Waals surface area contributed by atoms with E-state index in [0.29, 0.717) is 11.3 Å². The van der Waals surface area contributed by atoms with E-state index in [1.54, 1.807) is 0 Å². The van der Waals surface area contributed by atoms with Gasteiger partial charge < -0.3 is 4.52 Å². The molecule has 2 aromatic heterocycles. The van der Waals surface area contributed by atoms with E-state index in [1.165, 1.54) is 0 Å². The molecule has 0 fully saturated rings. The first-order chi connectivity index (χ1) is 7.63. The van der Waals surface area contributed by atoms with Gasteiger partial charge in [-0.2, -0.15) is 5.10 Å². The number of aromatic amines is 1. The van der Waals surface area contributed by atoms with E-state index in [2.05, 4.69) is 22.3 Å². The van der Waals surface area contributed by atoms with Crippen LogP contribution in [0.1, 0.15) is 29.8 Å². The molecule has 0 spiro atoms. The maximum Gasteiger partial charge on any atom is 0.195 e. The molecule has 0 bridgehead atoms. The van der Waals surface area contributed by atoms with Crippen LogP contribution in [-0.2, 0) is 13.0 Å². The predicted octanol–water partition coefficient (Wildman–Crippen LogP) is 2.16. The van der Waals surface area contributed by atoms with Crippen molar-refractivity contribution >= 4 is 12.2 Å². The molecule has 0 aliphatic heterocycles. The third-order valence-electron chi connectivity index (χ3n) is 2.65. The highest BCUT2D eigenvalue weighted by Crippen LogP contribution is 2.15. The highest BCUT2D eigenvalue weighted by molar-refractivity contribution is 7.71. The molecule has 2 heterocycles. The first-order valence-corrected chi connectivity index (χ1v) is 5.60. The minimum atomic E-state index is 0.636. The zero-order chi connectivity index (χ0) is 11.7. The van der Waals surface area contributed by atoms with Crippen LogP contribution in [0, 0.1) is 18.6 Å². The third kappa shape index (κ3) is 1.80. The maximum atomic E-state index is 5.19. The zero-order valence-electron chi connectivity index (χ0n) is 9.57. The Morgan fingerprint density at radius 1 is 1.44 bits per heavy atom. The Hall–Kier alpha value is -1.43. The molecule has 0 radical (unpaired) electrons. The van der Waals surface area contributed by atoms with E-state index >= 15 is 0 Å². The summed E-state index contributed by atoms with van der Waals surface area (Å²) in [6, 6.07) is 0. The molecule has 1 N–H and O–H groups in total. The number of aromatic nitrogens is 4. The molecule has 0 atom stereocenters. The van der Waals surface area contributed by atoms with Crippen LogP contribution in [0.5, 0.6) is 0 Å². The predicted molar refractivity (Wildman–Crippen MR) is 61.9 cm³/mol. The van der Waals surface area contributed by atoms with Crippen LogP contribution in [0.2, 0.25) is 0 Å². The molecule has 86 valence electrons. The fourth-order valence-electron chi connectivity index (χ4n) is 1.67. The van der Waals surface area contributed by atoms with Gasteiger partial charge in [-0.05, 0) is 26.1 Å². The summed E-state index contributed by atoms with van der Waals surface area (Å²) < 4.78 is 7.74. The van der Waals surface area contributed by atoms with Gasteiger partial charge in [-0.1, -0.05) is 12.1 Å². The molecule has 0 aromatic carbocycles. The van der Waals surface area contributed by atoms with Gasteiger partial charge in [0.1, 0.15) is 11.6 Å². The Kier molecular flexibility index (Phi) is 2.91. The maximum absolute atomic E-state index is 5.19. The number of rotatable bonds is 3. The third-order valence-corrected chi connectivity index (χ3v) is 2.96. The zero-order valence-corrected chi connectivity index (χ0v) is 10.4. The van der Waals surface area contributed by atoms with Crippen molar-refractivity contribution < 1.29 is 4.52 Å². The van der Waals surface area contributed by atoms with E-state index in [-0.39, 0.29) is 0 Å². The van der Waals surface area contributed by atoms with Crippen molar-refractivity contribution in [1.29, 1.82) is 0 Å². The summed E-state index contributed by atoms with van der Waals surface area (Å²) in [7, 11) is 0. The van der Waals surface area contributed by atoms with Gasteiger partial charge in [0, 0.05) is 12.0 Å². The normalized spacial score (nSPS) is 10.9. The number of hydrogen-bond acceptors (Lipinski definition) is 4. The summed E-state index contributed by atoms with van der Waals surface area (Å²) in [5.74, 6) is 1.78. The van der Waals surface area contributed by atoms with Crippen molar-refractivity contribution in [2.24, 2.45) is 0 Å². The molecule has 0 unspecified atom stereocenters. The van der Waals surface area contributed by atoms with E-state index < -0.39 is 0 Å². The lowest BCUT2D eigenvalue weighted by atomic mass is 10.2. The number of nitrogens with one attached hydrogen (secondary N) is 1. The van der Waals surface area contributed by atoms with Crippen LogP contribution in [0.3, 0.4) is 0 Å². The number of H-pyrrole nitrogens is 1. The van der Waals surface area contributed by atoms with Crippen LogP contribution in [0.4, 0.5) is 0 Å². The first-order valence-electron chi connectivity index (χ1n) is 5.19. The monoisotopic (exact) mass is 238 g/mol. The molecule has 0 saturated heterocycles. The largest absolute Gasteiger partial charge is 0.361 e. The summed E-state index contributed by atoms with van der Waals surface area (Å²) in [6.45, 7) is 6.56. The van der Waals surface area contributed by atoms with Gasteiger partial charge in [0.2, 0.25) is 0 Å². The highest BCUT2D eigenvalue weighted by atomic mass is 32.1. The van der Waals surface area contributed by atoms with Gasteiger partial charge >= 0.3 is 0 Å². The van der Waals surface area contributed by atoms with Gasteiger partial charge in [-0.25, -0.2) is 0 Å². The average molecular weight is 238 g/mol. The number of nitrogens with zero attached hydrogens (tertiary/aromatic N) is 3. The summed E-state index contributed by atoms with van der Waals surface area (Å²) in [5, 5.41) is 10.9. The Bertz CT molecular complexity index is 532. The molecule has 16 heavy (non-hydrogen) atoms. The van der Waals surface area contributed by atoms with Crippen molar-refractivity contribution in [3.05, 3.63) is 27.6 Å². The van der Waals surface area contributed by atoms with Gasteiger partial charge in [0.25, 0.3) is 0 Å². The molecule has 0 aliphatic rings. The van der Waals surface area contributed by atoms with E-state index in [1.807, 2.05) is 18.4 Å². The molecule has 0 saturated carbocycles. The molecule has 0 aliphatic carbocycles. The van der Waals surface area contributed by atoms with Crippen LogP contribution >= 0.6 is 12.2 Å². The van der Waals surface area contributed by atoms with Gasteiger partial charge in [0.05, 0.1) is 12.2 Å². The molecular weight excluding hydrogens is 224 g/mol. The second-order valence-corrected chi connectivity index (χ2v) is 4.07. The Balaban J connectivity index is 2.41. The molecule has 2 aromatic rings. The Morgan fingerprint density at radius 2 is 2.19 bits per heavy atom. The van der Waals surface area contributed by atoms with Crippen LogP contribution in [-0.4, -0.2) is 19.9 Å². The van der Waals surface area contributed by atoms with Crippen molar-refractivity contribution in [1.82, 2.24) is 19.9 Å².